The molecule has 0 aliphatic carbocycles. The number of oxime groups is 1. The molecule has 7 nitrogen and oxygen atoms in total. The molecule has 1 fully saturated rings. The lowest BCUT2D eigenvalue weighted by atomic mass is 9.86. The van der Waals surface area contributed by atoms with Gasteiger partial charge in [0.15, 0.2) is 5.71 Å². The van der Waals surface area contributed by atoms with E-state index in [1.807, 2.05) is 24.3 Å². The number of carbonyl (C=O) groups excluding carboxylic acids is 2. The van der Waals surface area contributed by atoms with Crippen LogP contribution < -0.4 is 0 Å². The molecule has 1 saturated heterocycles. The Balaban J connectivity index is 1.47. The van der Waals surface area contributed by atoms with Crippen molar-refractivity contribution in [3.8, 4) is 5.75 Å². The number of carbonyl (C=O) groups is 2. The summed E-state index contributed by atoms with van der Waals surface area (Å²) in [7, 11) is 1.31. The van der Waals surface area contributed by atoms with E-state index >= 15 is 0 Å². The van der Waals surface area contributed by atoms with Crippen LogP contribution in [0.5, 0.6) is 5.75 Å². The van der Waals surface area contributed by atoms with Gasteiger partial charge >= 0.3 is 5.97 Å². The molecule has 0 radical (unpaired) electrons. The molecule has 0 aromatic heterocycles. The van der Waals surface area contributed by atoms with Gasteiger partial charge < -0.3 is 19.6 Å². The Bertz CT molecular complexity index is 945. The third-order valence-electron chi connectivity index (χ3n) is 5.32. The third-order valence-corrected chi connectivity index (χ3v) is 5.32. The summed E-state index contributed by atoms with van der Waals surface area (Å²) in [6.07, 6.45) is 1.52. The minimum atomic E-state index is -0.550. The molecule has 0 atom stereocenters. The zero-order chi connectivity index (χ0) is 19.0. The Morgan fingerprint density at radius 2 is 1.85 bits per heavy atom. The first-order valence-corrected chi connectivity index (χ1v) is 8.86. The standard InChI is InChI=1S/C20H20N2O5/c1-26-19(25)16-12-20(27-21-16)6-8-22(9-7-20)18(24)15-10-13-4-2-3-5-14(13)11-17(15)23/h2-5,10-11,23H,6-9,12H2,1H3. The number of amides is 1. The van der Waals surface area contributed by atoms with Crippen LogP contribution in [0.3, 0.4) is 0 Å². The van der Waals surface area contributed by atoms with Gasteiger partial charge in [-0.3, -0.25) is 4.79 Å². The Labute approximate surface area is 156 Å². The zero-order valence-corrected chi connectivity index (χ0v) is 15.0. The summed E-state index contributed by atoms with van der Waals surface area (Å²) in [6, 6.07) is 10.9. The second-order valence-corrected chi connectivity index (χ2v) is 6.99. The van der Waals surface area contributed by atoms with Crippen LogP contribution in [-0.2, 0) is 14.4 Å². The van der Waals surface area contributed by atoms with Crippen LogP contribution in [0.25, 0.3) is 10.8 Å². The first kappa shape index (κ1) is 17.3. The number of methoxy groups -OCH3 is 1. The Kier molecular flexibility index (Phi) is 4.22. The first-order chi connectivity index (χ1) is 13.0. The van der Waals surface area contributed by atoms with E-state index in [-0.39, 0.29) is 17.4 Å². The minimum absolute atomic E-state index is 0.0209. The van der Waals surface area contributed by atoms with Crippen molar-refractivity contribution in [1.29, 1.82) is 0 Å². The topological polar surface area (TPSA) is 88.4 Å². The highest BCUT2D eigenvalue weighted by Gasteiger charge is 2.45. The SMILES string of the molecule is COC(=O)C1=NOC2(CCN(C(=O)c3cc4ccccc4cc3O)CC2)C1. The van der Waals surface area contributed by atoms with E-state index in [4.69, 9.17) is 9.57 Å². The smallest absolute Gasteiger partial charge is 0.355 e. The van der Waals surface area contributed by atoms with Crippen molar-refractivity contribution >= 4 is 28.4 Å². The minimum Gasteiger partial charge on any atom is -0.507 e. The number of hydrogen-bond acceptors (Lipinski definition) is 6. The molecule has 2 aliphatic rings. The van der Waals surface area contributed by atoms with Crippen molar-refractivity contribution < 1.29 is 24.3 Å². The largest absolute Gasteiger partial charge is 0.507 e. The molecule has 7 heteroatoms. The van der Waals surface area contributed by atoms with Crippen molar-refractivity contribution in [3.63, 3.8) is 0 Å². The number of hydrogen-bond donors (Lipinski definition) is 1. The summed E-state index contributed by atoms with van der Waals surface area (Å²) in [5.74, 6) is -0.709. The van der Waals surface area contributed by atoms with E-state index in [1.54, 1.807) is 17.0 Å². The van der Waals surface area contributed by atoms with Gasteiger partial charge in [-0.15, -0.1) is 0 Å². The van der Waals surface area contributed by atoms with Crippen LogP contribution in [0.2, 0.25) is 0 Å². The van der Waals surface area contributed by atoms with Crippen molar-refractivity contribution in [2.45, 2.75) is 24.9 Å². The van der Waals surface area contributed by atoms with Crippen molar-refractivity contribution in [2.75, 3.05) is 20.2 Å². The molecule has 1 spiro atoms. The number of piperidine rings is 1. The van der Waals surface area contributed by atoms with Crippen LogP contribution in [0.15, 0.2) is 41.6 Å². The lowest BCUT2D eigenvalue weighted by molar-refractivity contribution is -0.132. The number of rotatable bonds is 2. The summed E-state index contributed by atoms with van der Waals surface area (Å²) in [5.41, 5.74) is 0.0269. The van der Waals surface area contributed by atoms with Gasteiger partial charge in [0.05, 0.1) is 12.7 Å². The van der Waals surface area contributed by atoms with Gasteiger partial charge in [-0.05, 0) is 22.9 Å². The van der Waals surface area contributed by atoms with Gasteiger partial charge in [0, 0.05) is 32.4 Å². The molecule has 2 aromatic carbocycles. The molecule has 0 saturated carbocycles. The summed E-state index contributed by atoms with van der Waals surface area (Å²) in [4.78, 5) is 31.8. The molecule has 27 heavy (non-hydrogen) atoms. The van der Waals surface area contributed by atoms with E-state index in [2.05, 4.69) is 5.16 Å². The number of nitrogens with zero attached hydrogens (tertiary/aromatic N) is 2. The van der Waals surface area contributed by atoms with Gasteiger partial charge in [-0.2, -0.15) is 0 Å². The zero-order valence-electron chi connectivity index (χ0n) is 15.0. The number of likely N-dealkylation sites (tertiary alicyclic amines) is 1. The summed E-state index contributed by atoms with van der Waals surface area (Å²) in [6.45, 7) is 0.935. The average Bonchev–Trinajstić information content (AvgIpc) is 3.10. The van der Waals surface area contributed by atoms with Crippen LogP contribution in [0.4, 0.5) is 0 Å². The van der Waals surface area contributed by atoms with E-state index in [0.717, 1.165) is 10.8 Å². The maximum Gasteiger partial charge on any atom is 0.355 e. The van der Waals surface area contributed by atoms with Gasteiger partial charge in [-0.25, -0.2) is 4.79 Å². The molecule has 2 heterocycles. The summed E-state index contributed by atoms with van der Waals surface area (Å²) >= 11 is 0. The first-order valence-electron chi connectivity index (χ1n) is 8.86. The van der Waals surface area contributed by atoms with Crippen LogP contribution in [-0.4, -0.2) is 53.4 Å². The average molecular weight is 368 g/mol. The fourth-order valence-corrected chi connectivity index (χ4v) is 3.70. The highest BCUT2D eigenvalue weighted by atomic mass is 16.7. The number of aromatic hydroxyl groups is 1. The fraction of sp³-hybridized carbons (Fsp3) is 0.350. The van der Waals surface area contributed by atoms with Crippen molar-refractivity contribution in [3.05, 3.63) is 42.0 Å². The number of fused-ring (bicyclic) bond motifs is 1. The van der Waals surface area contributed by atoms with E-state index < -0.39 is 11.6 Å². The molecular formula is C20H20N2O5. The summed E-state index contributed by atoms with van der Waals surface area (Å²) in [5, 5.41) is 15.9. The molecule has 140 valence electrons. The van der Waals surface area contributed by atoms with E-state index in [9.17, 15) is 14.7 Å². The highest BCUT2D eigenvalue weighted by Crippen LogP contribution is 2.36. The monoisotopic (exact) mass is 368 g/mol. The molecular weight excluding hydrogens is 348 g/mol. The van der Waals surface area contributed by atoms with Gasteiger partial charge in [0.25, 0.3) is 5.91 Å². The number of benzene rings is 2. The normalized spacial score (nSPS) is 18.3. The predicted molar refractivity (Wildman–Crippen MR) is 98.6 cm³/mol. The molecule has 2 aromatic rings. The highest BCUT2D eigenvalue weighted by molar-refractivity contribution is 6.36. The Morgan fingerprint density at radius 3 is 2.52 bits per heavy atom. The Morgan fingerprint density at radius 1 is 1.19 bits per heavy atom. The molecule has 4 rings (SSSR count). The van der Waals surface area contributed by atoms with Crippen molar-refractivity contribution in [1.82, 2.24) is 4.90 Å². The maximum absolute atomic E-state index is 12.9. The number of phenols is 1. The second-order valence-electron chi connectivity index (χ2n) is 6.99. The van der Waals surface area contributed by atoms with Gasteiger partial charge in [0.2, 0.25) is 0 Å². The second kappa shape index (κ2) is 6.57. The molecule has 2 aliphatic heterocycles. The number of ether oxygens (including phenoxy) is 1. The lowest BCUT2D eigenvalue weighted by Crippen LogP contribution is -2.47. The molecule has 1 N–H and O–H groups in total. The maximum atomic E-state index is 12.9. The Hall–Kier alpha value is -3.09. The van der Waals surface area contributed by atoms with E-state index in [1.165, 1.54) is 7.11 Å². The number of esters is 1. The molecule has 0 unspecified atom stereocenters. The van der Waals surface area contributed by atoms with Crippen LogP contribution in [0.1, 0.15) is 29.6 Å². The van der Waals surface area contributed by atoms with Crippen molar-refractivity contribution in [2.24, 2.45) is 5.16 Å². The number of phenolic OH excluding ortho intramolecular Hbond substituents is 1. The van der Waals surface area contributed by atoms with Crippen LogP contribution in [0, 0.1) is 0 Å². The van der Waals surface area contributed by atoms with Gasteiger partial charge in [0.1, 0.15) is 11.4 Å². The predicted octanol–water partition coefficient (Wildman–Crippen LogP) is 2.47. The van der Waals surface area contributed by atoms with Gasteiger partial charge in [-0.1, -0.05) is 29.4 Å². The molecule has 1 amide bonds. The lowest BCUT2D eigenvalue weighted by Gasteiger charge is -2.37. The van der Waals surface area contributed by atoms with E-state index in [0.29, 0.717) is 37.9 Å². The fourth-order valence-electron chi connectivity index (χ4n) is 3.70. The summed E-state index contributed by atoms with van der Waals surface area (Å²) < 4.78 is 4.69. The molecule has 0 bridgehead atoms. The van der Waals surface area contributed by atoms with Crippen LogP contribution >= 0.6 is 0 Å². The quantitative estimate of drug-likeness (QED) is 0.823. The third kappa shape index (κ3) is 3.09.